The van der Waals surface area contributed by atoms with Crippen molar-refractivity contribution in [3.63, 3.8) is 0 Å². The van der Waals surface area contributed by atoms with Crippen LogP contribution in [0.1, 0.15) is 54.6 Å². The molecular formula is C30H28F3NO4. The zero-order valence-electron chi connectivity index (χ0n) is 21.7. The van der Waals surface area contributed by atoms with Crippen molar-refractivity contribution in [1.82, 2.24) is 0 Å². The number of ketones is 1. The number of carbonyl (C=O) groups excluding carboxylic acids is 2. The van der Waals surface area contributed by atoms with Crippen LogP contribution in [0.15, 0.2) is 72.3 Å². The molecule has 0 bridgehead atoms. The Morgan fingerprint density at radius 3 is 2.24 bits per heavy atom. The van der Waals surface area contributed by atoms with Gasteiger partial charge in [-0.15, -0.1) is 0 Å². The third-order valence-electron chi connectivity index (χ3n) is 6.53. The quantitative estimate of drug-likeness (QED) is 0.228. The van der Waals surface area contributed by atoms with E-state index < -0.39 is 35.2 Å². The molecule has 198 valence electrons. The van der Waals surface area contributed by atoms with Crippen LogP contribution in [0.4, 0.5) is 18.9 Å². The normalized spacial score (nSPS) is 17.7. The molecule has 0 aromatic heterocycles. The van der Waals surface area contributed by atoms with Crippen LogP contribution >= 0.6 is 0 Å². The zero-order chi connectivity index (χ0) is 28.0. The molecular weight excluding hydrogens is 495 g/mol. The Hall–Kier alpha value is -4.07. The number of nitrogens with zero attached hydrogens (tertiary/aromatic N) is 1. The third kappa shape index (κ3) is 4.90. The first kappa shape index (κ1) is 27.0. The number of aryl methyl sites for hydroxylation is 1. The van der Waals surface area contributed by atoms with Gasteiger partial charge >= 0.3 is 6.18 Å². The molecule has 4 rings (SSSR count). The van der Waals surface area contributed by atoms with E-state index in [2.05, 4.69) is 0 Å². The Labute approximate surface area is 219 Å². The number of hydrogen-bond donors (Lipinski definition) is 1. The summed E-state index contributed by atoms with van der Waals surface area (Å²) in [6.07, 6.45) is -4.64. The fraction of sp³-hybridized carbons (Fsp3) is 0.267. The van der Waals surface area contributed by atoms with Crippen LogP contribution < -0.4 is 9.64 Å². The molecule has 1 heterocycles. The monoisotopic (exact) mass is 523 g/mol. The van der Waals surface area contributed by atoms with Gasteiger partial charge in [-0.1, -0.05) is 56.7 Å². The molecule has 0 aliphatic carbocycles. The minimum Gasteiger partial charge on any atom is -0.507 e. The summed E-state index contributed by atoms with van der Waals surface area (Å²) in [6, 6.07) is 15.0. The SMILES string of the molecule is COc1ccc(/C(O)=C2/C(=O)C(=O)N(c3cccc(C(F)(F)F)c3)C2c2cccc(C)c2)cc1C(C)(C)C. The number of alkyl halides is 3. The maximum Gasteiger partial charge on any atom is 0.416 e. The summed E-state index contributed by atoms with van der Waals surface area (Å²) in [5, 5.41) is 11.5. The van der Waals surface area contributed by atoms with Gasteiger partial charge in [0.2, 0.25) is 0 Å². The number of carbonyl (C=O) groups is 2. The van der Waals surface area contributed by atoms with Gasteiger partial charge in [0.25, 0.3) is 11.7 Å². The Balaban J connectivity index is 1.97. The van der Waals surface area contributed by atoms with E-state index in [0.717, 1.165) is 28.2 Å². The number of aliphatic hydroxyl groups is 1. The summed E-state index contributed by atoms with van der Waals surface area (Å²) in [5.74, 6) is -1.84. The Bertz CT molecular complexity index is 1450. The van der Waals surface area contributed by atoms with E-state index in [1.54, 1.807) is 36.4 Å². The highest BCUT2D eigenvalue weighted by atomic mass is 19.4. The van der Waals surface area contributed by atoms with Crippen LogP contribution in [0.3, 0.4) is 0 Å². The lowest BCUT2D eigenvalue weighted by molar-refractivity contribution is -0.137. The van der Waals surface area contributed by atoms with Gasteiger partial charge in [-0.2, -0.15) is 13.2 Å². The molecule has 8 heteroatoms. The zero-order valence-corrected chi connectivity index (χ0v) is 21.7. The van der Waals surface area contributed by atoms with Crippen LogP contribution in [0.5, 0.6) is 5.75 Å². The van der Waals surface area contributed by atoms with Crippen molar-refractivity contribution in [2.75, 3.05) is 12.0 Å². The molecule has 0 spiro atoms. The molecule has 1 atom stereocenters. The Kier molecular flexibility index (Phi) is 6.86. The second kappa shape index (κ2) is 9.67. The Morgan fingerprint density at radius 2 is 1.63 bits per heavy atom. The number of halogens is 3. The van der Waals surface area contributed by atoms with E-state index in [-0.39, 0.29) is 22.2 Å². The summed E-state index contributed by atoms with van der Waals surface area (Å²) in [6.45, 7) is 7.72. The third-order valence-corrected chi connectivity index (χ3v) is 6.53. The van der Waals surface area contributed by atoms with E-state index >= 15 is 0 Å². The molecule has 5 nitrogen and oxygen atoms in total. The average molecular weight is 524 g/mol. The van der Waals surface area contributed by atoms with Crippen molar-refractivity contribution in [3.8, 4) is 5.75 Å². The van der Waals surface area contributed by atoms with Crippen molar-refractivity contribution in [2.24, 2.45) is 0 Å². The predicted octanol–water partition coefficient (Wildman–Crippen LogP) is 6.95. The predicted molar refractivity (Wildman–Crippen MR) is 139 cm³/mol. The molecule has 1 aliphatic rings. The van der Waals surface area contributed by atoms with Gasteiger partial charge < -0.3 is 9.84 Å². The Morgan fingerprint density at radius 1 is 0.947 bits per heavy atom. The molecule has 0 saturated carbocycles. The smallest absolute Gasteiger partial charge is 0.416 e. The van der Waals surface area contributed by atoms with Gasteiger partial charge in [0.05, 0.1) is 24.3 Å². The minimum absolute atomic E-state index is 0.0995. The van der Waals surface area contributed by atoms with Crippen LogP contribution in [0.2, 0.25) is 0 Å². The van der Waals surface area contributed by atoms with Crippen LogP contribution in [-0.2, 0) is 21.2 Å². The molecule has 1 amide bonds. The largest absolute Gasteiger partial charge is 0.507 e. The summed E-state index contributed by atoms with van der Waals surface area (Å²) in [7, 11) is 1.53. The lowest BCUT2D eigenvalue weighted by Crippen LogP contribution is -2.29. The van der Waals surface area contributed by atoms with E-state index in [0.29, 0.717) is 11.3 Å². The topological polar surface area (TPSA) is 66.8 Å². The molecule has 3 aromatic rings. The molecule has 1 saturated heterocycles. The summed E-state index contributed by atoms with van der Waals surface area (Å²) in [5.41, 5.74) is 0.718. The van der Waals surface area contributed by atoms with Gasteiger partial charge in [0, 0.05) is 16.8 Å². The average Bonchev–Trinajstić information content (AvgIpc) is 3.12. The number of benzene rings is 3. The number of methoxy groups -OCH3 is 1. The second-order valence-electron chi connectivity index (χ2n) is 10.3. The van der Waals surface area contributed by atoms with Crippen molar-refractivity contribution in [2.45, 2.75) is 45.3 Å². The second-order valence-corrected chi connectivity index (χ2v) is 10.3. The van der Waals surface area contributed by atoms with E-state index in [9.17, 15) is 27.9 Å². The van der Waals surface area contributed by atoms with Gasteiger partial charge in [0.1, 0.15) is 11.5 Å². The van der Waals surface area contributed by atoms with Gasteiger partial charge in [-0.25, -0.2) is 0 Å². The summed E-state index contributed by atoms with van der Waals surface area (Å²) < 4.78 is 46.0. The lowest BCUT2D eigenvalue weighted by Gasteiger charge is -2.26. The highest BCUT2D eigenvalue weighted by Gasteiger charge is 2.47. The number of anilines is 1. The first-order valence-corrected chi connectivity index (χ1v) is 12.0. The van der Waals surface area contributed by atoms with E-state index in [4.69, 9.17) is 4.74 Å². The van der Waals surface area contributed by atoms with Crippen LogP contribution in [-0.4, -0.2) is 23.9 Å². The highest BCUT2D eigenvalue weighted by Crippen LogP contribution is 2.44. The number of Topliss-reactive ketones (excluding diaryl/α,β-unsaturated/α-hetero) is 1. The van der Waals surface area contributed by atoms with Crippen molar-refractivity contribution in [1.29, 1.82) is 0 Å². The first-order valence-electron chi connectivity index (χ1n) is 12.0. The molecule has 1 unspecified atom stereocenters. The van der Waals surface area contributed by atoms with Gasteiger partial charge in [-0.05, 0) is 54.3 Å². The molecule has 0 radical (unpaired) electrons. The fourth-order valence-corrected chi connectivity index (χ4v) is 4.68. The summed E-state index contributed by atoms with van der Waals surface area (Å²) >= 11 is 0. The molecule has 3 aromatic carbocycles. The lowest BCUT2D eigenvalue weighted by atomic mass is 9.84. The molecule has 38 heavy (non-hydrogen) atoms. The van der Waals surface area contributed by atoms with E-state index in [1.165, 1.54) is 19.2 Å². The van der Waals surface area contributed by atoms with Gasteiger partial charge in [0.15, 0.2) is 0 Å². The van der Waals surface area contributed by atoms with Crippen LogP contribution in [0, 0.1) is 6.92 Å². The number of aliphatic hydroxyl groups excluding tert-OH is 1. The van der Waals surface area contributed by atoms with Gasteiger partial charge in [-0.3, -0.25) is 14.5 Å². The van der Waals surface area contributed by atoms with E-state index in [1.807, 2.05) is 33.8 Å². The number of hydrogen-bond acceptors (Lipinski definition) is 4. The highest BCUT2D eigenvalue weighted by molar-refractivity contribution is 6.51. The molecule has 1 N–H and O–H groups in total. The van der Waals surface area contributed by atoms with Crippen molar-refractivity contribution >= 4 is 23.1 Å². The molecule has 1 aliphatic heterocycles. The number of ether oxygens (including phenoxy) is 1. The first-order chi connectivity index (χ1) is 17.7. The maximum atomic E-state index is 13.5. The van der Waals surface area contributed by atoms with Crippen LogP contribution in [0.25, 0.3) is 5.76 Å². The summed E-state index contributed by atoms with van der Waals surface area (Å²) in [4.78, 5) is 27.8. The van der Waals surface area contributed by atoms with Crippen molar-refractivity contribution in [3.05, 3.63) is 100 Å². The number of amides is 1. The van der Waals surface area contributed by atoms with Crippen molar-refractivity contribution < 1.29 is 32.6 Å². The minimum atomic E-state index is -4.64. The standard InChI is InChI=1S/C30H28F3NO4/c1-17-8-6-9-18(14-17)25-24(26(35)19-12-13-23(38-5)22(15-19)29(2,3)4)27(36)28(37)34(25)21-11-7-10-20(16-21)30(31,32)33/h6-16,25,35H,1-5H3/b26-24-. The fourth-order valence-electron chi connectivity index (χ4n) is 4.68. The molecule has 1 fully saturated rings. The maximum absolute atomic E-state index is 13.5. The number of rotatable bonds is 4.